The third-order valence-corrected chi connectivity index (χ3v) is 5.13. The number of aromatic nitrogens is 1. The van der Waals surface area contributed by atoms with Crippen molar-refractivity contribution >= 4 is 16.7 Å². The van der Waals surface area contributed by atoms with Gasteiger partial charge in [0.15, 0.2) is 5.78 Å². The molecule has 2 aromatic carbocycles. The predicted molar refractivity (Wildman–Crippen MR) is 116 cm³/mol. The van der Waals surface area contributed by atoms with Crippen LogP contribution in [0, 0.1) is 11.3 Å². The Morgan fingerprint density at radius 3 is 2.57 bits per heavy atom. The SMILES string of the molecule is N#CCCn1cc(C(=O)CN(Cc2ccccc2)Cc2ccco2)c2ccccc21. The van der Waals surface area contributed by atoms with E-state index >= 15 is 0 Å². The Hall–Kier alpha value is -3.62. The zero-order valence-electron chi connectivity index (χ0n) is 16.7. The molecule has 0 aliphatic rings. The van der Waals surface area contributed by atoms with E-state index in [1.165, 1.54) is 0 Å². The smallest absolute Gasteiger partial charge is 0.178 e. The summed E-state index contributed by atoms with van der Waals surface area (Å²) in [5, 5.41) is 9.88. The van der Waals surface area contributed by atoms with Crippen LogP contribution in [-0.4, -0.2) is 21.8 Å². The number of carbonyl (C=O) groups is 1. The lowest BCUT2D eigenvalue weighted by molar-refractivity contribution is 0.0916. The molecule has 0 aliphatic heterocycles. The highest BCUT2D eigenvalue weighted by molar-refractivity contribution is 6.09. The summed E-state index contributed by atoms with van der Waals surface area (Å²) in [4.78, 5) is 15.4. The van der Waals surface area contributed by atoms with Crippen molar-refractivity contribution in [3.05, 3.63) is 96.1 Å². The fourth-order valence-electron chi connectivity index (χ4n) is 3.74. The first-order chi connectivity index (χ1) is 14.7. The number of fused-ring (bicyclic) bond motifs is 1. The number of hydrogen-bond acceptors (Lipinski definition) is 4. The Morgan fingerprint density at radius 1 is 1.00 bits per heavy atom. The van der Waals surface area contributed by atoms with E-state index in [9.17, 15) is 4.79 Å². The molecule has 2 heterocycles. The third kappa shape index (κ3) is 4.51. The van der Waals surface area contributed by atoms with Crippen molar-refractivity contribution < 1.29 is 9.21 Å². The maximum atomic E-state index is 13.3. The summed E-state index contributed by atoms with van der Waals surface area (Å²) in [7, 11) is 0. The van der Waals surface area contributed by atoms with E-state index in [4.69, 9.17) is 9.68 Å². The van der Waals surface area contributed by atoms with E-state index in [0.717, 1.165) is 22.2 Å². The minimum absolute atomic E-state index is 0.0596. The molecule has 2 aromatic heterocycles. The number of nitriles is 1. The molecule has 0 radical (unpaired) electrons. The van der Waals surface area contributed by atoms with E-state index in [2.05, 4.69) is 23.1 Å². The Morgan fingerprint density at radius 2 is 1.80 bits per heavy atom. The highest BCUT2D eigenvalue weighted by atomic mass is 16.3. The molecule has 0 aliphatic carbocycles. The number of nitrogens with zero attached hydrogens (tertiary/aromatic N) is 3. The van der Waals surface area contributed by atoms with Crippen LogP contribution < -0.4 is 0 Å². The normalized spacial score (nSPS) is 11.1. The molecular formula is C25H23N3O2. The van der Waals surface area contributed by atoms with Gasteiger partial charge in [0.1, 0.15) is 5.76 Å². The average Bonchev–Trinajstić information content (AvgIpc) is 3.41. The molecule has 4 rings (SSSR count). The molecule has 0 unspecified atom stereocenters. The highest BCUT2D eigenvalue weighted by Gasteiger charge is 2.19. The molecule has 5 nitrogen and oxygen atoms in total. The topological polar surface area (TPSA) is 62.2 Å². The number of rotatable bonds is 9. The zero-order valence-corrected chi connectivity index (χ0v) is 16.7. The summed E-state index contributed by atoms with van der Waals surface area (Å²) >= 11 is 0. The summed E-state index contributed by atoms with van der Waals surface area (Å²) in [5.74, 6) is 0.888. The maximum absolute atomic E-state index is 13.3. The highest BCUT2D eigenvalue weighted by Crippen LogP contribution is 2.23. The summed E-state index contributed by atoms with van der Waals surface area (Å²) in [6, 6.07) is 24.0. The van der Waals surface area contributed by atoms with E-state index in [1.54, 1.807) is 6.26 Å². The van der Waals surface area contributed by atoms with Crippen LogP contribution in [0.2, 0.25) is 0 Å². The molecule has 0 saturated heterocycles. The van der Waals surface area contributed by atoms with Crippen LogP contribution in [0.3, 0.4) is 0 Å². The third-order valence-electron chi connectivity index (χ3n) is 5.13. The standard InChI is InChI=1S/C25H23N3O2/c26-13-7-14-28-18-23(22-11-4-5-12-24(22)28)25(29)19-27(17-21-10-6-15-30-21)16-20-8-2-1-3-9-20/h1-6,8-12,15,18H,7,14,16-17,19H2. The van der Waals surface area contributed by atoms with Crippen LogP contribution in [0.5, 0.6) is 0 Å². The Balaban J connectivity index is 1.59. The van der Waals surface area contributed by atoms with Crippen molar-refractivity contribution in [2.24, 2.45) is 0 Å². The molecule has 4 aromatic rings. The van der Waals surface area contributed by atoms with Gasteiger partial charge in [-0.2, -0.15) is 5.26 Å². The van der Waals surface area contributed by atoms with Crippen molar-refractivity contribution in [2.45, 2.75) is 26.1 Å². The van der Waals surface area contributed by atoms with E-state index in [1.807, 2.05) is 65.4 Å². The summed E-state index contributed by atoms with van der Waals surface area (Å²) < 4.78 is 7.52. The molecule has 30 heavy (non-hydrogen) atoms. The summed E-state index contributed by atoms with van der Waals surface area (Å²) in [6.07, 6.45) is 3.95. The van der Waals surface area contributed by atoms with Gasteiger partial charge in [-0.3, -0.25) is 9.69 Å². The number of para-hydroxylation sites is 1. The first-order valence-corrected chi connectivity index (χ1v) is 10.0. The molecule has 5 heteroatoms. The molecule has 0 N–H and O–H groups in total. The fourth-order valence-corrected chi connectivity index (χ4v) is 3.74. The molecule has 0 spiro atoms. The second-order valence-corrected chi connectivity index (χ2v) is 7.29. The quantitative estimate of drug-likeness (QED) is 0.372. The van der Waals surface area contributed by atoms with Gasteiger partial charge < -0.3 is 8.98 Å². The lowest BCUT2D eigenvalue weighted by Gasteiger charge is -2.20. The molecule has 150 valence electrons. The van der Waals surface area contributed by atoms with Gasteiger partial charge in [0.05, 0.1) is 31.8 Å². The number of Topliss-reactive ketones (excluding diaryl/α,β-unsaturated/α-hetero) is 1. The molecule has 0 bridgehead atoms. The Labute approximate surface area is 175 Å². The number of aryl methyl sites for hydroxylation is 1. The average molecular weight is 397 g/mol. The molecule has 0 fully saturated rings. The zero-order chi connectivity index (χ0) is 20.8. The van der Waals surface area contributed by atoms with Gasteiger partial charge in [-0.15, -0.1) is 0 Å². The van der Waals surface area contributed by atoms with Gasteiger partial charge in [-0.05, 0) is 23.8 Å². The van der Waals surface area contributed by atoms with Crippen LogP contribution >= 0.6 is 0 Å². The van der Waals surface area contributed by atoms with Crippen LogP contribution in [0.25, 0.3) is 10.9 Å². The van der Waals surface area contributed by atoms with Crippen molar-refractivity contribution in [2.75, 3.05) is 6.54 Å². The minimum Gasteiger partial charge on any atom is -0.468 e. The van der Waals surface area contributed by atoms with Crippen molar-refractivity contribution in [1.82, 2.24) is 9.47 Å². The number of furan rings is 1. The second-order valence-electron chi connectivity index (χ2n) is 7.29. The van der Waals surface area contributed by atoms with Gasteiger partial charge in [-0.1, -0.05) is 48.5 Å². The molecular weight excluding hydrogens is 374 g/mol. The fraction of sp³-hybridized carbons (Fsp3) is 0.200. The number of benzene rings is 2. The van der Waals surface area contributed by atoms with E-state index in [0.29, 0.717) is 31.6 Å². The summed E-state index contributed by atoms with van der Waals surface area (Å²) in [6.45, 7) is 2.06. The van der Waals surface area contributed by atoms with Gasteiger partial charge in [0, 0.05) is 35.8 Å². The number of ketones is 1. The number of carbonyl (C=O) groups excluding carboxylic acids is 1. The van der Waals surface area contributed by atoms with Crippen molar-refractivity contribution in [1.29, 1.82) is 5.26 Å². The first-order valence-electron chi connectivity index (χ1n) is 10.0. The lowest BCUT2D eigenvalue weighted by Crippen LogP contribution is -2.29. The van der Waals surface area contributed by atoms with Crippen LogP contribution in [0.1, 0.15) is 28.1 Å². The molecule has 0 amide bonds. The van der Waals surface area contributed by atoms with Crippen molar-refractivity contribution in [3.8, 4) is 6.07 Å². The van der Waals surface area contributed by atoms with Gasteiger partial charge in [0.2, 0.25) is 0 Å². The monoisotopic (exact) mass is 397 g/mol. The van der Waals surface area contributed by atoms with Crippen LogP contribution in [0.15, 0.2) is 83.6 Å². The maximum Gasteiger partial charge on any atom is 0.178 e. The minimum atomic E-state index is 0.0596. The molecule has 0 saturated carbocycles. The van der Waals surface area contributed by atoms with Gasteiger partial charge in [0.25, 0.3) is 0 Å². The number of hydrogen-bond donors (Lipinski definition) is 0. The van der Waals surface area contributed by atoms with Gasteiger partial charge >= 0.3 is 0 Å². The van der Waals surface area contributed by atoms with Crippen LogP contribution in [0.4, 0.5) is 0 Å². The van der Waals surface area contributed by atoms with E-state index in [-0.39, 0.29) is 12.3 Å². The van der Waals surface area contributed by atoms with Crippen molar-refractivity contribution in [3.63, 3.8) is 0 Å². The predicted octanol–water partition coefficient (Wildman–Crippen LogP) is 5.03. The largest absolute Gasteiger partial charge is 0.468 e. The van der Waals surface area contributed by atoms with Gasteiger partial charge in [-0.25, -0.2) is 0 Å². The molecule has 0 atom stereocenters. The van der Waals surface area contributed by atoms with E-state index < -0.39 is 0 Å². The lowest BCUT2D eigenvalue weighted by atomic mass is 10.1. The first kappa shape index (κ1) is 19.7. The van der Waals surface area contributed by atoms with Crippen LogP contribution in [-0.2, 0) is 19.6 Å². The Kier molecular flexibility index (Phi) is 6.07. The summed E-state index contributed by atoms with van der Waals surface area (Å²) in [5.41, 5.74) is 2.83. The Bertz CT molecular complexity index is 1150. The second kappa shape index (κ2) is 9.25.